The van der Waals surface area contributed by atoms with Crippen LogP contribution in [0, 0.1) is 12.7 Å². The molecule has 0 radical (unpaired) electrons. The first kappa shape index (κ1) is 15.6. The molecule has 0 spiro atoms. The molecule has 0 bridgehead atoms. The van der Waals surface area contributed by atoms with Crippen molar-refractivity contribution in [1.29, 1.82) is 0 Å². The lowest BCUT2D eigenvalue weighted by Gasteiger charge is -2.21. The second-order valence-electron chi connectivity index (χ2n) is 5.48. The van der Waals surface area contributed by atoms with Crippen molar-refractivity contribution >= 4 is 23.2 Å². The van der Waals surface area contributed by atoms with Gasteiger partial charge in [-0.15, -0.1) is 11.3 Å². The number of rotatable bonds is 4. The second kappa shape index (κ2) is 6.08. The molecule has 2 aromatic rings. The number of aromatic nitrogens is 1. The van der Waals surface area contributed by atoms with Gasteiger partial charge in [0.2, 0.25) is 0 Å². The van der Waals surface area contributed by atoms with Crippen molar-refractivity contribution in [1.82, 2.24) is 15.2 Å². The number of carbonyl (C=O) groups is 2. The van der Waals surface area contributed by atoms with Gasteiger partial charge < -0.3 is 10.2 Å². The highest BCUT2D eigenvalue weighted by molar-refractivity contribution is 7.13. The van der Waals surface area contributed by atoms with Crippen molar-refractivity contribution in [3.8, 4) is 0 Å². The Morgan fingerprint density at radius 1 is 1.43 bits per heavy atom. The number of hydrogen-bond donors (Lipinski definition) is 1. The van der Waals surface area contributed by atoms with Crippen molar-refractivity contribution < 1.29 is 14.0 Å². The first-order valence-corrected chi connectivity index (χ1v) is 8.04. The number of benzene rings is 1. The maximum absolute atomic E-state index is 13.0. The lowest BCUT2D eigenvalue weighted by Crippen LogP contribution is -2.29. The third-order valence-corrected chi connectivity index (χ3v) is 5.13. The molecule has 0 saturated carbocycles. The Morgan fingerprint density at radius 2 is 2.13 bits per heavy atom. The van der Waals surface area contributed by atoms with Crippen LogP contribution < -0.4 is 5.32 Å². The second-order valence-corrected chi connectivity index (χ2v) is 6.51. The zero-order valence-electron chi connectivity index (χ0n) is 12.8. The van der Waals surface area contributed by atoms with Crippen LogP contribution in [0.25, 0.3) is 0 Å². The minimum atomic E-state index is -0.308. The number of ketones is 1. The zero-order valence-corrected chi connectivity index (χ0v) is 13.6. The molecule has 120 valence electrons. The molecule has 1 N–H and O–H groups in total. The fourth-order valence-corrected chi connectivity index (χ4v) is 3.69. The van der Waals surface area contributed by atoms with Crippen LogP contribution in [0.4, 0.5) is 9.18 Å². The highest BCUT2D eigenvalue weighted by Gasteiger charge is 2.34. The number of aryl methyl sites for hydroxylation is 1. The van der Waals surface area contributed by atoms with E-state index in [4.69, 9.17) is 0 Å². The van der Waals surface area contributed by atoms with Crippen molar-refractivity contribution in [2.24, 2.45) is 0 Å². The van der Waals surface area contributed by atoms with Gasteiger partial charge in [-0.25, -0.2) is 14.2 Å². The minimum absolute atomic E-state index is 0.0198. The van der Waals surface area contributed by atoms with E-state index < -0.39 is 0 Å². The van der Waals surface area contributed by atoms with Gasteiger partial charge in [0.1, 0.15) is 16.9 Å². The van der Waals surface area contributed by atoms with Crippen LogP contribution in [0.15, 0.2) is 24.3 Å². The van der Waals surface area contributed by atoms with Crippen LogP contribution in [-0.2, 0) is 6.54 Å². The average molecular weight is 333 g/mol. The summed E-state index contributed by atoms with van der Waals surface area (Å²) in [5, 5.41) is 3.55. The smallest absolute Gasteiger partial charge is 0.318 e. The third kappa shape index (κ3) is 3.10. The van der Waals surface area contributed by atoms with Gasteiger partial charge in [-0.2, -0.15) is 0 Å². The average Bonchev–Trinajstić information content (AvgIpc) is 3.05. The van der Waals surface area contributed by atoms with E-state index in [1.165, 1.54) is 30.4 Å². The van der Waals surface area contributed by atoms with Crippen LogP contribution in [0.5, 0.6) is 0 Å². The Hall–Kier alpha value is -2.28. The lowest BCUT2D eigenvalue weighted by atomic mass is 10.2. The van der Waals surface area contributed by atoms with Gasteiger partial charge in [0.15, 0.2) is 5.78 Å². The van der Waals surface area contributed by atoms with Crippen molar-refractivity contribution in [2.75, 3.05) is 6.54 Å². The minimum Gasteiger partial charge on any atom is -0.335 e. The molecule has 1 fully saturated rings. The molecule has 1 aliphatic heterocycles. The summed E-state index contributed by atoms with van der Waals surface area (Å²) in [5.41, 5.74) is 1.53. The van der Waals surface area contributed by atoms with Crippen molar-refractivity contribution in [3.63, 3.8) is 0 Å². The molecular formula is C16H16FN3O2S. The molecule has 1 unspecified atom stereocenters. The predicted molar refractivity (Wildman–Crippen MR) is 84.9 cm³/mol. The SMILES string of the molecule is CC(=O)c1sc(C2CNC(=O)N2Cc2ccc(F)cc2)nc1C. The molecule has 2 amide bonds. The monoisotopic (exact) mass is 333 g/mol. The van der Waals surface area contributed by atoms with E-state index in [1.54, 1.807) is 24.0 Å². The normalized spacial score (nSPS) is 17.4. The van der Waals surface area contributed by atoms with E-state index in [2.05, 4.69) is 10.3 Å². The van der Waals surface area contributed by atoms with Gasteiger partial charge in [0, 0.05) is 20.0 Å². The van der Waals surface area contributed by atoms with Gasteiger partial charge in [0.25, 0.3) is 0 Å². The fraction of sp³-hybridized carbons (Fsp3) is 0.312. The number of nitrogens with zero attached hydrogens (tertiary/aromatic N) is 2. The molecule has 1 aromatic heterocycles. The highest BCUT2D eigenvalue weighted by atomic mass is 32.1. The highest BCUT2D eigenvalue weighted by Crippen LogP contribution is 2.31. The maximum atomic E-state index is 13.0. The predicted octanol–water partition coefficient (Wildman–Crippen LogP) is 3.06. The molecule has 1 atom stereocenters. The molecule has 0 aliphatic carbocycles. The number of carbonyl (C=O) groups excluding carboxylic acids is 2. The lowest BCUT2D eigenvalue weighted by molar-refractivity contribution is 0.102. The van der Waals surface area contributed by atoms with E-state index in [0.29, 0.717) is 23.7 Å². The molecule has 1 aliphatic rings. The van der Waals surface area contributed by atoms with Gasteiger partial charge >= 0.3 is 6.03 Å². The summed E-state index contributed by atoms with van der Waals surface area (Å²) in [4.78, 5) is 30.5. The van der Waals surface area contributed by atoms with E-state index in [1.807, 2.05) is 0 Å². The molecule has 3 rings (SSSR count). The Morgan fingerprint density at radius 3 is 2.74 bits per heavy atom. The van der Waals surface area contributed by atoms with Gasteiger partial charge in [-0.3, -0.25) is 4.79 Å². The largest absolute Gasteiger partial charge is 0.335 e. The summed E-state index contributed by atoms with van der Waals surface area (Å²) in [5.74, 6) is -0.327. The Kier molecular flexibility index (Phi) is 4.12. The van der Waals surface area contributed by atoms with Crippen molar-refractivity contribution in [2.45, 2.75) is 26.4 Å². The number of halogens is 1. The number of thiazole rings is 1. The summed E-state index contributed by atoms with van der Waals surface area (Å²) in [6, 6.07) is 5.67. The van der Waals surface area contributed by atoms with Crippen LogP contribution in [0.1, 0.15) is 38.9 Å². The molecule has 2 heterocycles. The molecule has 1 saturated heterocycles. The number of nitrogens with one attached hydrogen (secondary N) is 1. The first-order valence-electron chi connectivity index (χ1n) is 7.23. The molecule has 1 aromatic carbocycles. The van der Waals surface area contributed by atoms with E-state index in [0.717, 1.165) is 10.6 Å². The third-order valence-electron chi connectivity index (χ3n) is 3.77. The Bertz CT molecular complexity index is 757. The van der Waals surface area contributed by atoms with Gasteiger partial charge in [0.05, 0.1) is 10.6 Å². The van der Waals surface area contributed by atoms with Crippen LogP contribution in [0.2, 0.25) is 0 Å². The standard InChI is InChI=1S/C16H16FN3O2S/c1-9-14(10(2)21)23-15(19-9)13-7-18-16(22)20(13)8-11-3-5-12(17)6-4-11/h3-6,13H,7-8H2,1-2H3,(H,18,22). The Balaban J connectivity index is 1.86. The number of Topliss-reactive ketones (excluding diaryl/α,β-unsaturated/α-hetero) is 1. The molecule has 5 nitrogen and oxygen atoms in total. The van der Waals surface area contributed by atoms with E-state index in [9.17, 15) is 14.0 Å². The maximum Gasteiger partial charge on any atom is 0.318 e. The van der Waals surface area contributed by atoms with Gasteiger partial charge in [-0.1, -0.05) is 12.1 Å². The first-order chi connectivity index (χ1) is 11.0. The number of hydrogen-bond acceptors (Lipinski definition) is 4. The number of urea groups is 1. The summed E-state index contributed by atoms with van der Waals surface area (Å²) < 4.78 is 13.0. The zero-order chi connectivity index (χ0) is 16.6. The quantitative estimate of drug-likeness (QED) is 0.875. The Labute approximate surface area is 137 Å². The van der Waals surface area contributed by atoms with Crippen LogP contribution in [0.3, 0.4) is 0 Å². The van der Waals surface area contributed by atoms with E-state index in [-0.39, 0.29) is 23.7 Å². The fourth-order valence-electron chi connectivity index (χ4n) is 2.61. The summed E-state index contributed by atoms with van der Waals surface area (Å²) in [6.45, 7) is 4.12. The van der Waals surface area contributed by atoms with Crippen LogP contribution in [-0.4, -0.2) is 28.2 Å². The van der Waals surface area contributed by atoms with E-state index >= 15 is 0 Å². The molecule has 23 heavy (non-hydrogen) atoms. The summed E-state index contributed by atoms with van der Waals surface area (Å²) in [6.07, 6.45) is 0. The summed E-state index contributed by atoms with van der Waals surface area (Å²) >= 11 is 1.33. The summed E-state index contributed by atoms with van der Waals surface area (Å²) in [7, 11) is 0. The molecule has 7 heteroatoms. The van der Waals surface area contributed by atoms with Gasteiger partial charge in [-0.05, 0) is 24.6 Å². The van der Waals surface area contributed by atoms with Crippen molar-refractivity contribution in [3.05, 3.63) is 51.2 Å². The number of amides is 2. The topological polar surface area (TPSA) is 62.3 Å². The van der Waals surface area contributed by atoms with Crippen LogP contribution >= 0.6 is 11.3 Å². The molecular weight excluding hydrogens is 317 g/mol.